The molecule has 2 aromatic carbocycles. The van der Waals surface area contributed by atoms with Gasteiger partial charge in [-0.05, 0) is 56.2 Å². The molecule has 3 rings (SSSR count). The summed E-state index contributed by atoms with van der Waals surface area (Å²) in [7, 11) is -3.71. The Balaban J connectivity index is 1.67. The van der Waals surface area contributed by atoms with Gasteiger partial charge in [-0.1, -0.05) is 29.8 Å². The predicted octanol–water partition coefficient (Wildman–Crippen LogP) is 3.40. The third-order valence-electron chi connectivity index (χ3n) is 4.82. The molecule has 2 atom stereocenters. The van der Waals surface area contributed by atoms with Crippen LogP contribution in [0.25, 0.3) is 0 Å². The van der Waals surface area contributed by atoms with Crippen molar-refractivity contribution in [3.05, 3.63) is 66.2 Å². The SMILES string of the molecule is Cc1ccc(S(=O)(=O)Nc2ccc(NC(=O)[C@@H]3CC=CC[C@H]3C(=O)O)cc2)cc1. The Labute approximate surface area is 169 Å². The number of sulfonamides is 1. The Morgan fingerprint density at radius 3 is 2.03 bits per heavy atom. The minimum Gasteiger partial charge on any atom is -0.481 e. The van der Waals surface area contributed by atoms with Crippen molar-refractivity contribution < 1.29 is 23.1 Å². The van der Waals surface area contributed by atoms with E-state index in [4.69, 9.17) is 0 Å². The van der Waals surface area contributed by atoms with Gasteiger partial charge in [0.15, 0.2) is 0 Å². The summed E-state index contributed by atoms with van der Waals surface area (Å²) in [5.74, 6) is -2.75. The average molecular weight is 414 g/mol. The van der Waals surface area contributed by atoms with Crippen LogP contribution in [-0.4, -0.2) is 25.4 Å². The third kappa shape index (κ3) is 5.03. The number of hydrogen-bond donors (Lipinski definition) is 3. The van der Waals surface area contributed by atoms with E-state index in [9.17, 15) is 23.1 Å². The van der Waals surface area contributed by atoms with Crippen molar-refractivity contribution in [2.24, 2.45) is 11.8 Å². The van der Waals surface area contributed by atoms with Crippen molar-refractivity contribution in [2.45, 2.75) is 24.7 Å². The second-order valence-corrected chi connectivity index (χ2v) is 8.66. The Morgan fingerprint density at radius 1 is 0.897 bits per heavy atom. The first-order valence-corrected chi connectivity index (χ1v) is 10.6. The quantitative estimate of drug-likeness (QED) is 0.627. The summed E-state index contributed by atoms with van der Waals surface area (Å²) >= 11 is 0. The molecule has 0 spiro atoms. The molecule has 0 heterocycles. The lowest BCUT2D eigenvalue weighted by atomic mass is 9.82. The molecule has 7 nitrogen and oxygen atoms in total. The monoisotopic (exact) mass is 414 g/mol. The van der Waals surface area contributed by atoms with Gasteiger partial charge in [0.2, 0.25) is 5.91 Å². The molecule has 152 valence electrons. The van der Waals surface area contributed by atoms with Crippen molar-refractivity contribution in [3.63, 3.8) is 0 Å². The van der Waals surface area contributed by atoms with Crippen molar-refractivity contribution in [1.82, 2.24) is 0 Å². The molecule has 8 heteroatoms. The molecule has 0 radical (unpaired) electrons. The Morgan fingerprint density at radius 2 is 1.45 bits per heavy atom. The zero-order chi connectivity index (χ0) is 21.0. The number of carboxylic acids is 1. The Hall–Kier alpha value is -3.13. The van der Waals surface area contributed by atoms with E-state index < -0.39 is 27.8 Å². The smallest absolute Gasteiger partial charge is 0.307 e. The summed E-state index contributed by atoms with van der Waals surface area (Å²) in [5.41, 5.74) is 1.78. The first-order chi connectivity index (χ1) is 13.8. The van der Waals surface area contributed by atoms with Gasteiger partial charge in [0.05, 0.1) is 16.7 Å². The first-order valence-electron chi connectivity index (χ1n) is 9.14. The molecule has 0 saturated heterocycles. The molecule has 1 aliphatic carbocycles. The molecule has 1 aliphatic rings. The lowest BCUT2D eigenvalue weighted by molar-refractivity contribution is -0.146. The molecule has 0 aromatic heterocycles. The maximum absolute atomic E-state index is 12.5. The number of allylic oxidation sites excluding steroid dienone is 2. The molecule has 1 amide bonds. The highest BCUT2D eigenvalue weighted by Gasteiger charge is 2.33. The van der Waals surface area contributed by atoms with Gasteiger partial charge >= 0.3 is 5.97 Å². The summed E-state index contributed by atoms with van der Waals surface area (Å²) in [6.07, 6.45) is 4.29. The lowest BCUT2D eigenvalue weighted by Crippen LogP contribution is -2.34. The topological polar surface area (TPSA) is 113 Å². The molecule has 2 aromatic rings. The first kappa shape index (κ1) is 20.6. The van der Waals surface area contributed by atoms with E-state index in [1.165, 1.54) is 24.3 Å². The zero-order valence-corrected chi connectivity index (χ0v) is 16.6. The van der Waals surface area contributed by atoms with Crippen LogP contribution < -0.4 is 10.0 Å². The number of benzene rings is 2. The number of carbonyl (C=O) groups excluding carboxylic acids is 1. The molecule has 0 saturated carbocycles. The van der Waals surface area contributed by atoms with E-state index >= 15 is 0 Å². The second-order valence-electron chi connectivity index (χ2n) is 6.98. The molecule has 0 bridgehead atoms. The fraction of sp³-hybridized carbons (Fsp3) is 0.238. The second kappa shape index (κ2) is 8.48. The highest BCUT2D eigenvalue weighted by atomic mass is 32.2. The summed E-state index contributed by atoms with van der Waals surface area (Å²) in [6, 6.07) is 12.7. The van der Waals surface area contributed by atoms with E-state index in [1.54, 1.807) is 30.3 Å². The number of amides is 1. The van der Waals surface area contributed by atoms with Gasteiger partial charge < -0.3 is 10.4 Å². The van der Waals surface area contributed by atoms with E-state index in [0.717, 1.165) is 5.56 Å². The number of carboxylic acid groups (broad SMARTS) is 1. The molecule has 0 aliphatic heterocycles. The summed E-state index contributed by atoms with van der Waals surface area (Å²) < 4.78 is 27.4. The van der Waals surface area contributed by atoms with Crippen LogP contribution in [0.2, 0.25) is 0 Å². The number of hydrogen-bond acceptors (Lipinski definition) is 4. The summed E-state index contributed by atoms with van der Waals surface area (Å²) in [6.45, 7) is 1.87. The molecule has 0 unspecified atom stereocenters. The minimum absolute atomic E-state index is 0.158. The highest BCUT2D eigenvalue weighted by Crippen LogP contribution is 2.27. The number of carbonyl (C=O) groups is 2. The number of anilines is 2. The maximum atomic E-state index is 12.5. The van der Waals surface area contributed by atoms with E-state index in [-0.39, 0.29) is 10.8 Å². The van der Waals surface area contributed by atoms with Crippen LogP contribution in [0.15, 0.2) is 65.6 Å². The third-order valence-corrected chi connectivity index (χ3v) is 6.22. The standard InChI is InChI=1S/C21H22N2O5S/c1-14-6-12-17(13-7-14)29(27,28)23-16-10-8-15(9-11-16)22-20(24)18-4-2-3-5-19(18)21(25)26/h2-3,6-13,18-19,23H,4-5H2,1H3,(H,22,24)(H,25,26)/t18-,19-/m1/s1. The maximum Gasteiger partial charge on any atom is 0.307 e. The highest BCUT2D eigenvalue weighted by molar-refractivity contribution is 7.92. The van der Waals surface area contributed by atoms with E-state index in [2.05, 4.69) is 10.0 Å². The Bertz CT molecular complexity index is 1030. The van der Waals surface area contributed by atoms with Crippen molar-refractivity contribution in [3.8, 4) is 0 Å². The zero-order valence-electron chi connectivity index (χ0n) is 15.8. The average Bonchev–Trinajstić information content (AvgIpc) is 2.69. The van der Waals surface area contributed by atoms with Gasteiger partial charge in [0, 0.05) is 11.4 Å². The van der Waals surface area contributed by atoms with Crippen LogP contribution in [0.4, 0.5) is 11.4 Å². The molecule has 29 heavy (non-hydrogen) atoms. The molecule has 3 N–H and O–H groups in total. The van der Waals surface area contributed by atoms with Gasteiger partial charge in [-0.3, -0.25) is 14.3 Å². The number of aliphatic carboxylic acids is 1. The summed E-state index contributed by atoms with van der Waals surface area (Å²) in [5, 5.41) is 12.0. The van der Waals surface area contributed by atoms with Gasteiger partial charge in [0.1, 0.15) is 0 Å². The minimum atomic E-state index is -3.71. The van der Waals surface area contributed by atoms with Crippen LogP contribution in [-0.2, 0) is 19.6 Å². The lowest BCUT2D eigenvalue weighted by Gasteiger charge is -2.24. The van der Waals surface area contributed by atoms with Gasteiger partial charge in [-0.2, -0.15) is 0 Å². The van der Waals surface area contributed by atoms with Gasteiger partial charge in [-0.15, -0.1) is 0 Å². The van der Waals surface area contributed by atoms with Crippen LogP contribution in [0.1, 0.15) is 18.4 Å². The van der Waals surface area contributed by atoms with Crippen molar-refractivity contribution >= 4 is 33.3 Å². The molecular weight excluding hydrogens is 392 g/mol. The van der Waals surface area contributed by atoms with Gasteiger partial charge in [0.25, 0.3) is 10.0 Å². The van der Waals surface area contributed by atoms with Crippen molar-refractivity contribution in [2.75, 3.05) is 10.0 Å². The Kier molecular flexibility index (Phi) is 6.03. The van der Waals surface area contributed by atoms with Gasteiger partial charge in [-0.25, -0.2) is 8.42 Å². The number of aryl methyl sites for hydroxylation is 1. The number of nitrogens with one attached hydrogen (secondary N) is 2. The number of rotatable bonds is 6. The summed E-state index contributed by atoms with van der Waals surface area (Å²) in [4.78, 5) is 24.0. The largest absolute Gasteiger partial charge is 0.481 e. The van der Waals surface area contributed by atoms with Crippen LogP contribution in [0.5, 0.6) is 0 Å². The molecule has 0 fully saturated rings. The van der Waals surface area contributed by atoms with Crippen molar-refractivity contribution in [1.29, 1.82) is 0 Å². The fourth-order valence-corrected chi connectivity index (χ4v) is 4.22. The molecular formula is C21H22N2O5S. The van der Waals surface area contributed by atoms with E-state index in [0.29, 0.717) is 24.2 Å². The van der Waals surface area contributed by atoms with E-state index in [1.807, 2.05) is 13.0 Å². The predicted molar refractivity (Wildman–Crippen MR) is 110 cm³/mol. The van der Waals surface area contributed by atoms with Crippen LogP contribution >= 0.6 is 0 Å². The van der Waals surface area contributed by atoms with Crippen LogP contribution in [0.3, 0.4) is 0 Å². The fourth-order valence-electron chi connectivity index (χ4n) is 3.16. The van der Waals surface area contributed by atoms with Crippen LogP contribution in [0, 0.1) is 18.8 Å². The normalized spacial score (nSPS) is 18.8.